The van der Waals surface area contributed by atoms with Gasteiger partial charge in [0.05, 0.1) is 0 Å². The Morgan fingerprint density at radius 1 is 1.53 bits per heavy atom. The quantitative estimate of drug-likeness (QED) is 0.766. The zero-order valence-electron chi connectivity index (χ0n) is 9.15. The minimum atomic E-state index is 0.594. The number of halogens is 1. The van der Waals surface area contributed by atoms with Crippen molar-refractivity contribution < 1.29 is 0 Å². The largest absolute Gasteiger partial charge is 0.355 e. The van der Waals surface area contributed by atoms with E-state index in [0.29, 0.717) is 6.04 Å². The average Bonchev–Trinajstić information content (AvgIpc) is 2.64. The highest BCUT2D eigenvalue weighted by Crippen LogP contribution is 2.20. The molecule has 2 rings (SSSR count). The van der Waals surface area contributed by atoms with Gasteiger partial charge in [-0.2, -0.15) is 0 Å². The average molecular weight is 270 g/mol. The number of pyridine rings is 1. The number of hydrogen-bond acceptors (Lipinski definition) is 3. The summed E-state index contributed by atoms with van der Waals surface area (Å²) in [6, 6.07) is 6.64. The Hall–Kier alpha value is -0.610. The van der Waals surface area contributed by atoms with E-state index in [2.05, 4.69) is 50.9 Å². The third kappa shape index (κ3) is 2.49. The van der Waals surface area contributed by atoms with E-state index in [1.54, 1.807) is 0 Å². The lowest BCUT2D eigenvalue weighted by atomic mass is 10.2. The highest BCUT2D eigenvalue weighted by Gasteiger charge is 2.23. The second-order valence-electron chi connectivity index (χ2n) is 4.13. The van der Waals surface area contributed by atoms with Crippen LogP contribution in [0.2, 0.25) is 0 Å². The summed E-state index contributed by atoms with van der Waals surface area (Å²) in [6.45, 7) is 2.31. The van der Waals surface area contributed by atoms with Crippen LogP contribution in [0.3, 0.4) is 0 Å². The normalized spacial score (nSPS) is 21.9. The van der Waals surface area contributed by atoms with E-state index in [0.717, 1.165) is 17.0 Å². The highest BCUT2D eigenvalue weighted by molar-refractivity contribution is 9.10. The van der Waals surface area contributed by atoms with Gasteiger partial charge in [-0.15, -0.1) is 0 Å². The van der Waals surface area contributed by atoms with Crippen LogP contribution in [0.4, 0.5) is 5.82 Å². The summed E-state index contributed by atoms with van der Waals surface area (Å²) in [5, 5.41) is 0. The monoisotopic (exact) mass is 269 g/mol. The summed E-state index contributed by atoms with van der Waals surface area (Å²) in [6.07, 6.45) is 1.22. The van der Waals surface area contributed by atoms with Crippen molar-refractivity contribution >= 4 is 21.7 Å². The lowest BCUT2D eigenvalue weighted by molar-refractivity contribution is 0.409. The van der Waals surface area contributed by atoms with Crippen LogP contribution in [0, 0.1) is 0 Å². The van der Waals surface area contributed by atoms with Gasteiger partial charge in [-0.25, -0.2) is 4.98 Å². The summed E-state index contributed by atoms with van der Waals surface area (Å²) in [7, 11) is 4.29. The first-order valence-electron chi connectivity index (χ1n) is 5.21. The van der Waals surface area contributed by atoms with Crippen LogP contribution < -0.4 is 4.90 Å². The summed E-state index contributed by atoms with van der Waals surface area (Å²) in [5.74, 6) is 1.05. The van der Waals surface area contributed by atoms with E-state index in [-0.39, 0.29) is 0 Å². The second kappa shape index (κ2) is 4.49. The zero-order chi connectivity index (χ0) is 10.8. The van der Waals surface area contributed by atoms with Crippen molar-refractivity contribution in [2.75, 3.05) is 32.1 Å². The molecule has 2 heterocycles. The Balaban J connectivity index is 2.10. The molecule has 4 heteroatoms. The van der Waals surface area contributed by atoms with Crippen LogP contribution in [0.25, 0.3) is 0 Å². The number of rotatable bonds is 2. The molecule has 15 heavy (non-hydrogen) atoms. The van der Waals surface area contributed by atoms with Crippen molar-refractivity contribution in [3.05, 3.63) is 22.8 Å². The van der Waals surface area contributed by atoms with Gasteiger partial charge in [-0.05, 0) is 48.1 Å². The first-order chi connectivity index (χ1) is 7.16. The molecule has 3 nitrogen and oxygen atoms in total. The maximum absolute atomic E-state index is 4.47. The van der Waals surface area contributed by atoms with Gasteiger partial charge in [0.15, 0.2) is 0 Å². The van der Waals surface area contributed by atoms with Crippen molar-refractivity contribution in [1.82, 2.24) is 9.88 Å². The van der Waals surface area contributed by atoms with Gasteiger partial charge >= 0.3 is 0 Å². The summed E-state index contributed by atoms with van der Waals surface area (Å²) in [5.41, 5.74) is 0. The molecular weight excluding hydrogens is 254 g/mol. The van der Waals surface area contributed by atoms with Gasteiger partial charge in [0.25, 0.3) is 0 Å². The van der Waals surface area contributed by atoms with Crippen molar-refractivity contribution in [1.29, 1.82) is 0 Å². The number of aromatic nitrogens is 1. The molecule has 0 spiro atoms. The lowest BCUT2D eigenvalue weighted by Gasteiger charge is -2.25. The maximum Gasteiger partial charge on any atom is 0.129 e. The molecule has 1 aromatic rings. The Kier molecular flexibility index (Phi) is 3.26. The molecule has 1 aromatic heterocycles. The van der Waals surface area contributed by atoms with Crippen LogP contribution in [0.5, 0.6) is 0 Å². The van der Waals surface area contributed by atoms with Crippen molar-refractivity contribution in [2.45, 2.75) is 12.5 Å². The summed E-state index contributed by atoms with van der Waals surface area (Å²) >= 11 is 3.40. The van der Waals surface area contributed by atoms with E-state index >= 15 is 0 Å². The van der Waals surface area contributed by atoms with Crippen molar-refractivity contribution in [3.63, 3.8) is 0 Å². The van der Waals surface area contributed by atoms with E-state index in [1.165, 1.54) is 13.0 Å². The zero-order valence-corrected chi connectivity index (χ0v) is 10.7. The van der Waals surface area contributed by atoms with E-state index in [4.69, 9.17) is 0 Å². The SMILES string of the molecule is CN1CCC(N(C)c2cccc(Br)n2)C1. The minimum Gasteiger partial charge on any atom is -0.355 e. The lowest BCUT2D eigenvalue weighted by Crippen LogP contribution is -2.34. The molecule has 0 radical (unpaired) electrons. The van der Waals surface area contributed by atoms with Crippen LogP contribution in [-0.2, 0) is 0 Å². The molecule has 1 aliphatic heterocycles. The molecule has 1 fully saturated rings. The molecule has 1 aliphatic rings. The standard InChI is InChI=1S/C11H16BrN3/c1-14-7-6-9(8-14)15(2)11-5-3-4-10(12)13-11/h3-5,9H,6-8H2,1-2H3. The molecule has 1 unspecified atom stereocenters. The Morgan fingerprint density at radius 3 is 2.93 bits per heavy atom. The fraction of sp³-hybridized carbons (Fsp3) is 0.545. The van der Waals surface area contributed by atoms with Gasteiger partial charge in [-0.3, -0.25) is 0 Å². The molecule has 1 atom stereocenters. The summed E-state index contributed by atoms with van der Waals surface area (Å²) in [4.78, 5) is 9.10. The number of likely N-dealkylation sites (tertiary alicyclic amines) is 1. The van der Waals surface area contributed by atoms with Gasteiger partial charge < -0.3 is 9.80 Å². The van der Waals surface area contributed by atoms with Gasteiger partial charge in [0, 0.05) is 19.6 Å². The van der Waals surface area contributed by atoms with E-state index < -0.39 is 0 Å². The molecule has 1 saturated heterocycles. The highest BCUT2D eigenvalue weighted by atomic mass is 79.9. The van der Waals surface area contributed by atoms with Gasteiger partial charge in [0.1, 0.15) is 10.4 Å². The second-order valence-corrected chi connectivity index (χ2v) is 4.95. The third-order valence-corrected chi connectivity index (χ3v) is 3.42. The van der Waals surface area contributed by atoms with Crippen molar-refractivity contribution in [2.24, 2.45) is 0 Å². The molecular formula is C11H16BrN3. The smallest absolute Gasteiger partial charge is 0.129 e. The molecule has 82 valence electrons. The van der Waals surface area contributed by atoms with Crippen molar-refractivity contribution in [3.8, 4) is 0 Å². The Labute approximate surface area is 99.2 Å². The van der Waals surface area contributed by atoms with Crippen LogP contribution >= 0.6 is 15.9 Å². The molecule has 0 saturated carbocycles. The maximum atomic E-state index is 4.47. The van der Waals surface area contributed by atoms with Crippen LogP contribution in [-0.4, -0.2) is 43.1 Å². The molecule has 0 bridgehead atoms. The fourth-order valence-electron chi connectivity index (χ4n) is 2.01. The molecule has 0 N–H and O–H groups in total. The van der Waals surface area contributed by atoms with Gasteiger partial charge in [0.2, 0.25) is 0 Å². The first-order valence-corrected chi connectivity index (χ1v) is 6.00. The minimum absolute atomic E-state index is 0.594. The molecule has 0 amide bonds. The predicted octanol–water partition coefficient (Wildman–Crippen LogP) is 1.98. The van der Waals surface area contributed by atoms with Gasteiger partial charge in [-0.1, -0.05) is 6.07 Å². The number of hydrogen-bond donors (Lipinski definition) is 0. The van der Waals surface area contributed by atoms with Crippen LogP contribution in [0.1, 0.15) is 6.42 Å². The van der Waals surface area contributed by atoms with E-state index in [9.17, 15) is 0 Å². The summed E-state index contributed by atoms with van der Waals surface area (Å²) < 4.78 is 0.901. The fourth-order valence-corrected chi connectivity index (χ4v) is 2.34. The Morgan fingerprint density at radius 2 is 2.33 bits per heavy atom. The first kappa shape index (κ1) is 10.9. The molecule has 0 aromatic carbocycles. The third-order valence-electron chi connectivity index (χ3n) is 2.98. The number of nitrogens with zero attached hydrogens (tertiary/aromatic N) is 3. The van der Waals surface area contributed by atoms with Crippen LogP contribution in [0.15, 0.2) is 22.8 Å². The molecule has 0 aliphatic carbocycles. The number of likely N-dealkylation sites (N-methyl/N-ethyl adjacent to an activating group) is 2. The van der Waals surface area contributed by atoms with E-state index in [1.807, 2.05) is 12.1 Å². The number of anilines is 1. The predicted molar refractivity (Wildman–Crippen MR) is 66.2 cm³/mol. The Bertz CT molecular complexity index is 342. The topological polar surface area (TPSA) is 19.4 Å².